The fourth-order valence-corrected chi connectivity index (χ4v) is 3.12. The second kappa shape index (κ2) is 4.52. The molecule has 1 fully saturated rings. The van der Waals surface area contributed by atoms with E-state index in [2.05, 4.69) is 9.97 Å². The molecule has 0 spiro atoms. The van der Waals surface area contributed by atoms with E-state index in [1.165, 1.54) is 16.8 Å². The van der Waals surface area contributed by atoms with Gasteiger partial charge in [-0.3, -0.25) is 0 Å². The molecule has 0 bridgehead atoms. The second-order valence-corrected chi connectivity index (χ2v) is 5.61. The van der Waals surface area contributed by atoms with Crippen LogP contribution in [0.3, 0.4) is 0 Å². The van der Waals surface area contributed by atoms with Gasteiger partial charge < -0.3 is 9.72 Å². The average Bonchev–Trinajstić information content (AvgIpc) is 2.92. The molecule has 0 aliphatic heterocycles. The maximum atomic E-state index is 12.2. The van der Waals surface area contributed by atoms with E-state index in [1.54, 1.807) is 7.11 Å². The Kier molecular flexibility index (Phi) is 3.27. The van der Waals surface area contributed by atoms with Gasteiger partial charge in [0.15, 0.2) is 5.03 Å². The van der Waals surface area contributed by atoms with Gasteiger partial charge in [-0.1, -0.05) is 0 Å². The summed E-state index contributed by atoms with van der Waals surface area (Å²) in [6.07, 6.45) is 4.56. The molecule has 0 unspecified atom stereocenters. The first kappa shape index (κ1) is 11.6. The van der Waals surface area contributed by atoms with Crippen LogP contribution in [0.15, 0.2) is 17.6 Å². The molecule has 0 atom stereocenters. The summed E-state index contributed by atoms with van der Waals surface area (Å²) < 4.78 is 30.8. The molecular weight excluding hydrogens is 230 g/mol. The first-order valence-corrected chi connectivity index (χ1v) is 6.59. The standard InChI is InChI=1S/C9H15N3O3S/c1-15-5-4-12(8-2-3-8)16(13,14)9-6-10-7-11-9/h6-8H,2-5H2,1H3,(H,10,11). The summed E-state index contributed by atoms with van der Waals surface area (Å²) in [5, 5.41) is 0.149. The van der Waals surface area contributed by atoms with Gasteiger partial charge in [0.05, 0.1) is 19.1 Å². The fourth-order valence-electron chi connectivity index (χ4n) is 1.55. The van der Waals surface area contributed by atoms with Crippen molar-refractivity contribution in [2.24, 2.45) is 0 Å². The predicted octanol–water partition coefficient (Wildman–Crippen LogP) is 0.209. The van der Waals surface area contributed by atoms with E-state index < -0.39 is 10.0 Å². The van der Waals surface area contributed by atoms with Crippen LogP contribution in [0.25, 0.3) is 0 Å². The monoisotopic (exact) mass is 245 g/mol. The van der Waals surface area contributed by atoms with E-state index in [1.807, 2.05) is 0 Å². The van der Waals surface area contributed by atoms with Crippen LogP contribution in [0.2, 0.25) is 0 Å². The SMILES string of the molecule is COCCN(C1CC1)S(=O)(=O)c1cnc[nH]1. The molecule has 2 rings (SSSR count). The minimum Gasteiger partial charge on any atom is -0.383 e. The molecule has 1 aliphatic rings. The van der Waals surface area contributed by atoms with Gasteiger partial charge >= 0.3 is 0 Å². The Hall–Kier alpha value is -0.920. The van der Waals surface area contributed by atoms with E-state index in [-0.39, 0.29) is 11.1 Å². The molecule has 0 aromatic carbocycles. The number of methoxy groups -OCH3 is 1. The highest BCUT2D eigenvalue weighted by Crippen LogP contribution is 2.31. The number of hydrogen-bond donors (Lipinski definition) is 1. The van der Waals surface area contributed by atoms with Crippen molar-refractivity contribution >= 4 is 10.0 Å². The molecule has 1 aromatic rings. The summed E-state index contributed by atoms with van der Waals surface area (Å²) in [5.74, 6) is 0. The highest BCUT2D eigenvalue weighted by Gasteiger charge is 2.38. The third-order valence-electron chi connectivity index (χ3n) is 2.53. The number of hydrogen-bond acceptors (Lipinski definition) is 4. The molecule has 1 aromatic heterocycles. The van der Waals surface area contributed by atoms with Crippen LogP contribution in [-0.2, 0) is 14.8 Å². The highest BCUT2D eigenvalue weighted by atomic mass is 32.2. The zero-order valence-corrected chi connectivity index (χ0v) is 9.90. The summed E-state index contributed by atoms with van der Waals surface area (Å²) in [5.41, 5.74) is 0. The summed E-state index contributed by atoms with van der Waals surface area (Å²) in [7, 11) is -1.87. The largest absolute Gasteiger partial charge is 0.383 e. The summed E-state index contributed by atoms with van der Waals surface area (Å²) in [6, 6.07) is 0.128. The van der Waals surface area contributed by atoms with Gasteiger partial charge in [0.2, 0.25) is 0 Å². The van der Waals surface area contributed by atoms with Gasteiger partial charge in [0.1, 0.15) is 0 Å². The maximum absolute atomic E-state index is 12.2. The number of aromatic nitrogens is 2. The van der Waals surface area contributed by atoms with Crippen molar-refractivity contribution < 1.29 is 13.2 Å². The van der Waals surface area contributed by atoms with Crippen molar-refractivity contribution in [3.8, 4) is 0 Å². The van der Waals surface area contributed by atoms with Crippen LogP contribution < -0.4 is 0 Å². The van der Waals surface area contributed by atoms with E-state index in [4.69, 9.17) is 4.74 Å². The molecule has 1 N–H and O–H groups in total. The number of ether oxygens (including phenoxy) is 1. The molecule has 1 saturated carbocycles. The van der Waals surface area contributed by atoms with E-state index in [0.717, 1.165) is 12.8 Å². The van der Waals surface area contributed by atoms with Crippen LogP contribution in [0, 0.1) is 0 Å². The van der Waals surface area contributed by atoms with Gasteiger partial charge in [0, 0.05) is 19.7 Å². The number of rotatable bonds is 6. The molecular formula is C9H15N3O3S. The van der Waals surface area contributed by atoms with Gasteiger partial charge in [-0.2, -0.15) is 4.31 Å². The third-order valence-corrected chi connectivity index (χ3v) is 4.41. The van der Waals surface area contributed by atoms with E-state index in [9.17, 15) is 8.42 Å². The van der Waals surface area contributed by atoms with Crippen molar-refractivity contribution in [1.29, 1.82) is 0 Å². The summed E-state index contributed by atoms with van der Waals surface area (Å²) in [6.45, 7) is 0.798. The molecule has 0 amide bonds. The number of sulfonamides is 1. The third kappa shape index (κ3) is 2.26. The van der Waals surface area contributed by atoms with Crippen LogP contribution >= 0.6 is 0 Å². The Bertz CT molecular complexity index is 425. The average molecular weight is 245 g/mol. The molecule has 16 heavy (non-hydrogen) atoms. The lowest BCUT2D eigenvalue weighted by molar-refractivity contribution is 0.177. The molecule has 0 radical (unpaired) electrons. The Balaban J connectivity index is 2.18. The Morgan fingerprint density at radius 1 is 1.62 bits per heavy atom. The fraction of sp³-hybridized carbons (Fsp3) is 0.667. The number of H-pyrrole nitrogens is 1. The van der Waals surface area contributed by atoms with Gasteiger partial charge in [-0.25, -0.2) is 13.4 Å². The maximum Gasteiger partial charge on any atom is 0.260 e. The highest BCUT2D eigenvalue weighted by molar-refractivity contribution is 7.89. The molecule has 1 aliphatic carbocycles. The first-order valence-electron chi connectivity index (χ1n) is 5.15. The zero-order chi connectivity index (χ0) is 11.6. The van der Waals surface area contributed by atoms with Crippen LogP contribution in [0.1, 0.15) is 12.8 Å². The molecule has 6 nitrogen and oxygen atoms in total. The lowest BCUT2D eigenvalue weighted by atomic mass is 10.6. The lowest BCUT2D eigenvalue weighted by Gasteiger charge is -2.20. The van der Waals surface area contributed by atoms with Crippen molar-refractivity contribution in [2.75, 3.05) is 20.3 Å². The smallest absolute Gasteiger partial charge is 0.260 e. The van der Waals surface area contributed by atoms with Gasteiger partial charge in [-0.15, -0.1) is 0 Å². The molecule has 1 heterocycles. The predicted molar refractivity (Wildman–Crippen MR) is 57.4 cm³/mol. The lowest BCUT2D eigenvalue weighted by Crippen LogP contribution is -2.36. The normalized spacial score (nSPS) is 16.9. The van der Waals surface area contributed by atoms with E-state index in [0.29, 0.717) is 13.2 Å². The number of aromatic amines is 1. The summed E-state index contributed by atoms with van der Waals surface area (Å²) >= 11 is 0. The number of nitrogens with zero attached hydrogens (tertiary/aromatic N) is 2. The first-order chi connectivity index (χ1) is 7.66. The van der Waals surface area contributed by atoms with Crippen molar-refractivity contribution in [2.45, 2.75) is 23.9 Å². The van der Waals surface area contributed by atoms with Crippen molar-refractivity contribution in [3.63, 3.8) is 0 Å². The Morgan fingerprint density at radius 2 is 2.38 bits per heavy atom. The van der Waals surface area contributed by atoms with Crippen molar-refractivity contribution in [1.82, 2.24) is 14.3 Å². The minimum atomic E-state index is -3.43. The number of nitrogens with one attached hydrogen (secondary N) is 1. The Morgan fingerprint density at radius 3 is 2.88 bits per heavy atom. The second-order valence-electron chi connectivity index (χ2n) is 3.76. The Labute approximate surface area is 94.7 Å². The summed E-state index contributed by atoms with van der Waals surface area (Å²) in [4.78, 5) is 6.37. The van der Waals surface area contributed by atoms with Crippen LogP contribution in [0.4, 0.5) is 0 Å². The van der Waals surface area contributed by atoms with Gasteiger partial charge in [0.25, 0.3) is 10.0 Å². The van der Waals surface area contributed by atoms with Crippen molar-refractivity contribution in [3.05, 3.63) is 12.5 Å². The molecule has 7 heteroatoms. The van der Waals surface area contributed by atoms with Crippen LogP contribution in [0.5, 0.6) is 0 Å². The number of imidazole rings is 1. The quantitative estimate of drug-likeness (QED) is 0.777. The van der Waals surface area contributed by atoms with Gasteiger partial charge in [-0.05, 0) is 12.8 Å². The molecule has 90 valence electrons. The molecule has 0 saturated heterocycles. The van der Waals surface area contributed by atoms with Crippen LogP contribution in [-0.4, -0.2) is 49.0 Å². The topological polar surface area (TPSA) is 75.3 Å². The minimum absolute atomic E-state index is 0.128. The zero-order valence-electron chi connectivity index (χ0n) is 9.09. The van der Waals surface area contributed by atoms with E-state index >= 15 is 0 Å².